The minimum absolute atomic E-state index is 0.0696. The summed E-state index contributed by atoms with van der Waals surface area (Å²) in [7, 11) is -3.58. The molecule has 1 unspecified atom stereocenters. The number of hydrogen-bond donors (Lipinski definition) is 0. The number of morpholine rings is 1. The topological polar surface area (TPSA) is 70.4 Å². The van der Waals surface area contributed by atoms with E-state index in [9.17, 15) is 8.42 Å². The van der Waals surface area contributed by atoms with E-state index in [1.807, 2.05) is 6.07 Å². The molecule has 1 aliphatic heterocycles. The van der Waals surface area contributed by atoms with Gasteiger partial charge in [-0.1, -0.05) is 12.1 Å². The fourth-order valence-electron chi connectivity index (χ4n) is 1.72. The van der Waals surface area contributed by atoms with Gasteiger partial charge in [-0.2, -0.15) is 9.57 Å². The van der Waals surface area contributed by atoms with Gasteiger partial charge in [-0.15, -0.1) is 0 Å². The predicted molar refractivity (Wildman–Crippen MR) is 68.3 cm³/mol. The minimum atomic E-state index is -3.58. The van der Waals surface area contributed by atoms with Crippen LogP contribution in [-0.4, -0.2) is 38.5 Å². The van der Waals surface area contributed by atoms with Crippen molar-refractivity contribution in [2.75, 3.05) is 19.7 Å². The Kier molecular flexibility index (Phi) is 4.02. The number of rotatable bonds is 2. The van der Waals surface area contributed by atoms with E-state index in [1.54, 1.807) is 18.2 Å². The summed E-state index contributed by atoms with van der Waals surface area (Å²) in [5, 5.41) is 8.79. The van der Waals surface area contributed by atoms with Crippen molar-refractivity contribution in [3.8, 4) is 6.07 Å². The number of hydrogen-bond acceptors (Lipinski definition) is 4. The number of nitriles is 1. The van der Waals surface area contributed by atoms with Crippen molar-refractivity contribution in [3.05, 3.63) is 28.7 Å². The molecule has 0 aliphatic carbocycles. The summed E-state index contributed by atoms with van der Waals surface area (Å²) in [4.78, 5) is 0.212. The first-order chi connectivity index (χ1) is 8.55. The highest BCUT2D eigenvalue weighted by molar-refractivity contribution is 9.10. The average Bonchev–Trinajstić information content (AvgIpc) is 2.39. The van der Waals surface area contributed by atoms with Crippen LogP contribution in [0, 0.1) is 11.3 Å². The number of ether oxygens (including phenoxy) is 1. The van der Waals surface area contributed by atoms with Crippen molar-refractivity contribution in [2.24, 2.45) is 0 Å². The number of benzene rings is 1. The fraction of sp³-hybridized carbons (Fsp3) is 0.364. The van der Waals surface area contributed by atoms with Gasteiger partial charge in [0.1, 0.15) is 0 Å². The molecule has 1 aromatic rings. The molecule has 1 heterocycles. The Morgan fingerprint density at radius 3 is 2.83 bits per heavy atom. The van der Waals surface area contributed by atoms with Gasteiger partial charge in [0.25, 0.3) is 0 Å². The molecule has 0 bridgehead atoms. The third-order valence-corrected chi connectivity index (χ3v) is 5.50. The Bertz CT molecular complexity index is 582. The Morgan fingerprint density at radius 2 is 2.17 bits per heavy atom. The maximum atomic E-state index is 12.4. The molecule has 0 aromatic heterocycles. The van der Waals surface area contributed by atoms with Gasteiger partial charge in [0.2, 0.25) is 10.0 Å². The van der Waals surface area contributed by atoms with Gasteiger partial charge < -0.3 is 4.74 Å². The molecule has 2 rings (SSSR count). The first-order valence-electron chi connectivity index (χ1n) is 5.31. The van der Waals surface area contributed by atoms with Gasteiger partial charge in [0, 0.05) is 11.0 Å². The molecule has 5 nitrogen and oxygen atoms in total. The normalized spacial score (nSPS) is 21.4. The monoisotopic (exact) mass is 330 g/mol. The zero-order valence-corrected chi connectivity index (χ0v) is 11.8. The summed E-state index contributed by atoms with van der Waals surface area (Å²) in [6.07, 6.45) is -0.698. The standard InChI is InChI=1S/C11H11BrN2O3S/c12-10-3-1-2-4-11(10)18(15,16)14-5-6-17-9(7-13)8-14/h1-4,9H,5-6,8H2. The summed E-state index contributed by atoms with van der Waals surface area (Å²) in [5.74, 6) is 0. The van der Waals surface area contributed by atoms with Gasteiger partial charge in [0.05, 0.1) is 24.1 Å². The van der Waals surface area contributed by atoms with Gasteiger partial charge in [-0.25, -0.2) is 8.42 Å². The molecule has 0 saturated carbocycles. The summed E-state index contributed by atoms with van der Waals surface area (Å²) in [6.45, 7) is 0.573. The third kappa shape index (κ3) is 2.57. The SMILES string of the molecule is N#CC1CN(S(=O)(=O)c2ccccc2Br)CCO1. The summed E-state index contributed by atoms with van der Waals surface area (Å²) >= 11 is 3.23. The average molecular weight is 331 g/mol. The lowest BCUT2D eigenvalue weighted by molar-refractivity contribution is 0.0311. The number of halogens is 1. The highest BCUT2D eigenvalue weighted by atomic mass is 79.9. The fourth-order valence-corrected chi connectivity index (χ4v) is 4.10. The lowest BCUT2D eigenvalue weighted by Gasteiger charge is -2.29. The molecule has 18 heavy (non-hydrogen) atoms. The van der Waals surface area contributed by atoms with E-state index in [-0.39, 0.29) is 24.6 Å². The lowest BCUT2D eigenvalue weighted by Crippen LogP contribution is -2.45. The first kappa shape index (κ1) is 13.5. The summed E-state index contributed by atoms with van der Waals surface area (Å²) in [5.41, 5.74) is 0. The Balaban J connectivity index is 2.32. The molecule has 1 aliphatic rings. The molecular weight excluding hydrogens is 320 g/mol. The molecule has 96 valence electrons. The molecule has 1 fully saturated rings. The zero-order valence-electron chi connectivity index (χ0n) is 9.41. The molecule has 7 heteroatoms. The first-order valence-corrected chi connectivity index (χ1v) is 7.55. The van der Waals surface area contributed by atoms with E-state index in [0.717, 1.165) is 0 Å². The summed E-state index contributed by atoms with van der Waals surface area (Å²) < 4.78 is 31.7. The minimum Gasteiger partial charge on any atom is -0.361 e. The smallest absolute Gasteiger partial charge is 0.244 e. The molecule has 0 amide bonds. The van der Waals surface area contributed by atoms with Crippen LogP contribution in [0.3, 0.4) is 0 Å². The molecule has 1 atom stereocenters. The molecular formula is C11H11BrN2O3S. The van der Waals surface area contributed by atoms with Crippen molar-refractivity contribution in [3.63, 3.8) is 0 Å². The molecule has 1 aromatic carbocycles. The second-order valence-electron chi connectivity index (χ2n) is 3.78. The Labute approximate surface area is 114 Å². The highest BCUT2D eigenvalue weighted by Gasteiger charge is 2.31. The number of sulfonamides is 1. The van der Waals surface area contributed by atoms with Crippen LogP contribution in [-0.2, 0) is 14.8 Å². The maximum Gasteiger partial charge on any atom is 0.244 e. The Hall–Kier alpha value is -0.940. The van der Waals surface area contributed by atoms with Gasteiger partial charge in [-0.05, 0) is 28.1 Å². The Morgan fingerprint density at radius 1 is 1.44 bits per heavy atom. The largest absolute Gasteiger partial charge is 0.361 e. The van der Waals surface area contributed by atoms with E-state index < -0.39 is 16.1 Å². The van der Waals surface area contributed by atoms with E-state index in [0.29, 0.717) is 4.47 Å². The maximum absolute atomic E-state index is 12.4. The van der Waals surface area contributed by atoms with Crippen LogP contribution < -0.4 is 0 Å². The molecule has 0 spiro atoms. The molecule has 0 N–H and O–H groups in total. The molecule has 0 radical (unpaired) electrons. The second kappa shape index (κ2) is 5.36. The second-order valence-corrected chi connectivity index (χ2v) is 6.54. The van der Waals surface area contributed by atoms with Crippen LogP contribution in [0.1, 0.15) is 0 Å². The van der Waals surface area contributed by atoms with E-state index >= 15 is 0 Å². The van der Waals surface area contributed by atoms with Crippen LogP contribution in [0.15, 0.2) is 33.6 Å². The lowest BCUT2D eigenvalue weighted by atomic mass is 10.3. The van der Waals surface area contributed by atoms with Crippen LogP contribution >= 0.6 is 15.9 Å². The van der Waals surface area contributed by atoms with Crippen molar-refractivity contribution in [1.82, 2.24) is 4.31 Å². The summed E-state index contributed by atoms with van der Waals surface area (Å²) in [6, 6.07) is 8.56. The third-order valence-electron chi connectivity index (χ3n) is 2.63. The van der Waals surface area contributed by atoms with Gasteiger partial charge >= 0.3 is 0 Å². The van der Waals surface area contributed by atoms with E-state index in [4.69, 9.17) is 10.00 Å². The van der Waals surface area contributed by atoms with Crippen molar-refractivity contribution in [2.45, 2.75) is 11.0 Å². The quantitative estimate of drug-likeness (QED) is 0.820. The predicted octanol–water partition coefficient (Wildman–Crippen LogP) is 1.36. The van der Waals surface area contributed by atoms with Crippen molar-refractivity contribution < 1.29 is 13.2 Å². The van der Waals surface area contributed by atoms with Crippen LogP contribution in [0.25, 0.3) is 0 Å². The van der Waals surface area contributed by atoms with Crippen LogP contribution in [0.4, 0.5) is 0 Å². The van der Waals surface area contributed by atoms with E-state index in [2.05, 4.69) is 15.9 Å². The van der Waals surface area contributed by atoms with Crippen LogP contribution in [0.2, 0.25) is 0 Å². The van der Waals surface area contributed by atoms with E-state index in [1.165, 1.54) is 10.4 Å². The zero-order chi connectivity index (χ0) is 13.2. The molecule has 1 saturated heterocycles. The highest BCUT2D eigenvalue weighted by Crippen LogP contribution is 2.25. The van der Waals surface area contributed by atoms with Gasteiger partial charge in [-0.3, -0.25) is 0 Å². The van der Waals surface area contributed by atoms with Gasteiger partial charge in [0.15, 0.2) is 6.10 Å². The van der Waals surface area contributed by atoms with Crippen molar-refractivity contribution in [1.29, 1.82) is 5.26 Å². The number of nitrogens with zero attached hydrogens (tertiary/aromatic N) is 2. The van der Waals surface area contributed by atoms with Crippen LogP contribution in [0.5, 0.6) is 0 Å². The van der Waals surface area contributed by atoms with Crippen molar-refractivity contribution >= 4 is 26.0 Å².